The molecule has 13 heteroatoms. The Bertz CT molecular complexity index is 1460. The fourth-order valence-corrected chi connectivity index (χ4v) is 7.42. The first-order valence-electron chi connectivity index (χ1n) is 15.7. The number of anilines is 1. The van der Waals surface area contributed by atoms with E-state index in [-0.39, 0.29) is 10.8 Å². The van der Waals surface area contributed by atoms with Crippen LogP contribution in [0.5, 0.6) is 0 Å². The summed E-state index contributed by atoms with van der Waals surface area (Å²) in [6, 6.07) is 11.3. The highest BCUT2D eigenvalue weighted by molar-refractivity contribution is 7.89. The van der Waals surface area contributed by atoms with Crippen molar-refractivity contribution in [2.75, 3.05) is 58.8 Å². The van der Waals surface area contributed by atoms with E-state index in [0.29, 0.717) is 26.7 Å². The fourth-order valence-electron chi connectivity index (χ4n) is 5.00. The maximum absolute atomic E-state index is 12.7. The smallest absolute Gasteiger partial charge is 0.242 e. The Hall–Kier alpha value is -2.14. The quantitative estimate of drug-likeness (QED) is 0.129. The first-order valence-corrected chi connectivity index (χ1v) is 24.5. The average Bonchev–Trinajstić information content (AvgIpc) is 3.39. The minimum Gasteiger partial charge on any atom is -0.361 e. The zero-order chi connectivity index (χ0) is 32.1. The van der Waals surface area contributed by atoms with Gasteiger partial charge in [-0.25, -0.2) is 17.7 Å². The third kappa shape index (κ3) is 9.21. The summed E-state index contributed by atoms with van der Waals surface area (Å²) < 4.78 is 41.0. The van der Waals surface area contributed by atoms with Gasteiger partial charge in [-0.05, 0) is 49.2 Å². The number of sulfonamides is 1. The Balaban J connectivity index is 1.73. The molecule has 0 amide bonds. The van der Waals surface area contributed by atoms with E-state index in [2.05, 4.69) is 55.6 Å². The van der Waals surface area contributed by atoms with Crippen molar-refractivity contribution in [2.24, 2.45) is 0 Å². The van der Waals surface area contributed by atoms with Crippen LogP contribution in [-0.2, 0) is 19.5 Å². The standard InChI is InChI=1S/C31H52N6O4SSi2/c1-35(2)42(38,39)27-13-11-25(12-14-27)28-22-33-37-30(20-29(34-31(28)37)26-10-9-15-32-21-26)36(23-40-16-18-43(3,4)5)24-41-17-19-44(6,7)8/h11-14,20,22,26,32H,9-10,15-19,21,23-24H2,1-8H3. The molecule has 0 radical (unpaired) electrons. The summed E-state index contributed by atoms with van der Waals surface area (Å²) in [6.45, 7) is 18.3. The maximum Gasteiger partial charge on any atom is 0.242 e. The third-order valence-corrected chi connectivity index (χ3v) is 13.2. The van der Waals surface area contributed by atoms with E-state index in [4.69, 9.17) is 19.6 Å². The number of aromatic nitrogens is 3. The van der Waals surface area contributed by atoms with Crippen LogP contribution in [0.3, 0.4) is 0 Å². The van der Waals surface area contributed by atoms with E-state index in [1.807, 2.05) is 22.8 Å². The second-order valence-corrected chi connectivity index (χ2v) is 27.8. The molecule has 44 heavy (non-hydrogen) atoms. The first kappa shape index (κ1) is 34.7. The fraction of sp³-hybridized carbons (Fsp3) is 0.613. The van der Waals surface area contributed by atoms with Gasteiger partial charge in [0.05, 0.1) is 16.8 Å². The van der Waals surface area contributed by atoms with Crippen molar-refractivity contribution >= 4 is 37.6 Å². The summed E-state index contributed by atoms with van der Waals surface area (Å²) in [4.78, 5) is 7.56. The number of nitrogens with zero attached hydrogens (tertiary/aromatic N) is 5. The molecule has 0 aliphatic carbocycles. The Morgan fingerprint density at radius 2 is 1.59 bits per heavy atom. The number of nitrogens with one attached hydrogen (secondary N) is 1. The topological polar surface area (TPSA) is 101 Å². The van der Waals surface area contributed by atoms with E-state index in [0.717, 1.165) is 66.3 Å². The van der Waals surface area contributed by atoms with Crippen LogP contribution in [-0.4, -0.2) is 97.3 Å². The summed E-state index contributed by atoms with van der Waals surface area (Å²) in [5, 5.41) is 8.34. The lowest BCUT2D eigenvalue weighted by Crippen LogP contribution is -2.34. The van der Waals surface area contributed by atoms with Gasteiger partial charge in [-0.15, -0.1) is 0 Å². The Labute approximate surface area is 266 Å². The number of fused-ring (bicyclic) bond motifs is 1. The second kappa shape index (κ2) is 14.5. The molecular formula is C31H52N6O4SSi2. The molecule has 244 valence electrons. The number of rotatable bonds is 15. The summed E-state index contributed by atoms with van der Waals surface area (Å²) in [7, 11) is -2.92. The average molecular weight is 661 g/mol. The van der Waals surface area contributed by atoms with Crippen molar-refractivity contribution in [3.8, 4) is 11.1 Å². The molecule has 1 unspecified atom stereocenters. The minimum atomic E-state index is -3.52. The lowest BCUT2D eigenvalue weighted by molar-refractivity contribution is 0.0942. The van der Waals surface area contributed by atoms with E-state index in [1.54, 1.807) is 12.1 Å². The molecule has 1 atom stereocenters. The van der Waals surface area contributed by atoms with Crippen LogP contribution < -0.4 is 10.2 Å². The molecule has 0 spiro atoms. The van der Waals surface area contributed by atoms with Crippen molar-refractivity contribution < 1.29 is 17.9 Å². The van der Waals surface area contributed by atoms with Gasteiger partial charge in [0.2, 0.25) is 10.0 Å². The number of piperidine rings is 1. The monoisotopic (exact) mass is 660 g/mol. The minimum absolute atomic E-state index is 0.252. The SMILES string of the molecule is CN(C)S(=O)(=O)c1ccc(-c2cnn3c(N(COCC[Si](C)(C)C)COCC[Si](C)(C)C)cc(C4CCCNC4)nc23)cc1. The lowest BCUT2D eigenvalue weighted by atomic mass is 9.95. The Kier molecular flexibility index (Phi) is 11.5. The molecule has 3 heterocycles. The Morgan fingerprint density at radius 3 is 2.11 bits per heavy atom. The van der Waals surface area contributed by atoms with Gasteiger partial charge in [0.1, 0.15) is 19.3 Å². The Morgan fingerprint density at radius 1 is 0.977 bits per heavy atom. The molecule has 1 aromatic carbocycles. The van der Waals surface area contributed by atoms with Gasteiger partial charge in [-0.2, -0.15) is 9.61 Å². The molecule has 3 aromatic rings. The summed E-state index contributed by atoms with van der Waals surface area (Å²) in [5.41, 5.74) is 3.47. The van der Waals surface area contributed by atoms with Crippen molar-refractivity contribution in [3.05, 3.63) is 42.2 Å². The van der Waals surface area contributed by atoms with Crippen LogP contribution in [0.1, 0.15) is 24.5 Å². The summed E-state index contributed by atoms with van der Waals surface area (Å²) >= 11 is 0. The predicted octanol–water partition coefficient (Wildman–Crippen LogP) is 5.54. The van der Waals surface area contributed by atoms with Gasteiger partial charge in [0.15, 0.2) is 5.65 Å². The molecule has 1 N–H and O–H groups in total. The van der Waals surface area contributed by atoms with Gasteiger partial charge in [-0.1, -0.05) is 51.4 Å². The highest BCUT2D eigenvalue weighted by Gasteiger charge is 2.24. The predicted molar refractivity (Wildman–Crippen MR) is 185 cm³/mol. The van der Waals surface area contributed by atoms with E-state index >= 15 is 0 Å². The molecule has 0 bridgehead atoms. The zero-order valence-corrected chi connectivity index (χ0v) is 30.7. The van der Waals surface area contributed by atoms with Crippen molar-refractivity contribution in [1.82, 2.24) is 24.2 Å². The number of hydrogen-bond acceptors (Lipinski definition) is 8. The number of ether oxygens (including phenoxy) is 2. The third-order valence-electron chi connectivity index (χ3n) is 7.94. The van der Waals surface area contributed by atoms with Gasteiger partial charge < -0.3 is 19.7 Å². The van der Waals surface area contributed by atoms with Gasteiger partial charge in [0.25, 0.3) is 0 Å². The van der Waals surface area contributed by atoms with Crippen LogP contribution in [0.15, 0.2) is 41.4 Å². The lowest BCUT2D eigenvalue weighted by Gasteiger charge is -2.28. The van der Waals surface area contributed by atoms with Crippen LogP contribution in [0.2, 0.25) is 51.4 Å². The molecular weight excluding hydrogens is 609 g/mol. The van der Waals surface area contributed by atoms with Gasteiger partial charge >= 0.3 is 0 Å². The molecule has 0 saturated carbocycles. The molecule has 4 rings (SSSR count). The summed E-state index contributed by atoms with van der Waals surface area (Å²) in [6.07, 6.45) is 3.99. The van der Waals surface area contributed by atoms with E-state index < -0.39 is 26.2 Å². The van der Waals surface area contributed by atoms with Crippen LogP contribution in [0.25, 0.3) is 16.8 Å². The first-order chi connectivity index (χ1) is 20.7. The highest BCUT2D eigenvalue weighted by atomic mass is 32.2. The van der Waals surface area contributed by atoms with Crippen molar-refractivity contribution in [1.29, 1.82) is 0 Å². The van der Waals surface area contributed by atoms with Gasteiger partial charge in [0, 0.05) is 67.5 Å². The van der Waals surface area contributed by atoms with Crippen LogP contribution in [0.4, 0.5) is 5.82 Å². The molecule has 1 aliphatic heterocycles. The van der Waals surface area contributed by atoms with Crippen molar-refractivity contribution in [3.63, 3.8) is 0 Å². The van der Waals surface area contributed by atoms with Crippen LogP contribution in [0, 0.1) is 0 Å². The summed E-state index contributed by atoms with van der Waals surface area (Å²) in [5.74, 6) is 1.17. The van der Waals surface area contributed by atoms with Crippen molar-refractivity contribution in [2.45, 2.75) is 75.0 Å². The second-order valence-electron chi connectivity index (χ2n) is 14.4. The maximum atomic E-state index is 12.7. The molecule has 1 saturated heterocycles. The van der Waals surface area contributed by atoms with Gasteiger partial charge in [-0.3, -0.25) is 0 Å². The largest absolute Gasteiger partial charge is 0.361 e. The van der Waals surface area contributed by atoms with E-state index in [1.165, 1.54) is 18.4 Å². The molecule has 1 aliphatic rings. The molecule has 1 fully saturated rings. The number of hydrogen-bond donors (Lipinski definition) is 1. The molecule has 2 aromatic heterocycles. The number of benzene rings is 1. The normalized spacial score (nSPS) is 16.6. The van der Waals surface area contributed by atoms with E-state index in [9.17, 15) is 8.42 Å². The molecule has 10 nitrogen and oxygen atoms in total. The van der Waals surface area contributed by atoms with Crippen LogP contribution >= 0.6 is 0 Å². The highest BCUT2D eigenvalue weighted by Crippen LogP contribution is 2.32. The zero-order valence-electron chi connectivity index (χ0n) is 27.9.